The van der Waals surface area contributed by atoms with Gasteiger partial charge in [0.15, 0.2) is 5.01 Å². The van der Waals surface area contributed by atoms with Crippen LogP contribution in [0.1, 0.15) is 21.6 Å². The van der Waals surface area contributed by atoms with Crippen LogP contribution in [0.4, 0.5) is 17.6 Å². The van der Waals surface area contributed by atoms with Gasteiger partial charge in [-0.15, -0.1) is 11.3 Å². The summed E-state index contributed by atoms with van der Waals surface area (Å²) in [5.41, 5.74) is -0.000888. The maximum Gasteiger partial charge on any atom is 0.443 e. The van der Waals surface area contributed by atoms with Crippen molar-refractivity contribution in [3.05, 3.63) is 50.7 Å². The number of thiazole rings is 1. The summed E-state index contributed by atoms with van der Waals surface area (Å²) in [6.45, 7) is 0. The third-order valence-corrected chi connectivity index (χ3v) is 3.80. The van der Waals surface area contributed by atoms with E-state index in [0.717, 1.165) is 12.3 Å². The van der Waals surface area contributed by atoms with Gasteiger partial charge in [0, 0.05) is 11.8 Å². The zero-order valence-corrected chi connectivity index (χ0v) is 10.7. The van der Waals surface area contributed by atoms with Crippen LogP contribution in [-0.4, -0.2) is 10.1 Å². The van der Waals surface area contributed by atoms with Crippen molar-refractivity contribution in [2.24, 2.45) is 0 Å². The number of halogens is 5. The summed E-state index contributed by atoms with van der Waals surface area (Å²) in [6, 6.07) is 3.74. The highest BCUT2D eigenvalue weighted by Gasteiger charge is 2.35. The Bertz CT molecular complexity index is 599. The van der Waals surface area contributed by atoms with Gasteiger partial charge in [0.1, 0.15) is 11.9 Å². The molecule has 0 aliphatic heterocycles. The molecular formula is C11H6ClF4NOS. The maximum atomic E-state index is 13.2. The monoisotopic (exact) mass is 311 g/mol. The summed E-state index contributed by atoms with van der Waals surface area (Å²) in [7, 11) is 0. The summed E-state index contributed by atoms with van der Waals surface area (Å²) in [4.78, 5) is 3.13. The average Bonchev–Trinajstić information content (AvgIpc) is 2.81. The summed E-state index contributed by atoms with van der Waals surface area (Å²) in [5, 5.41) is 8.53. The van der Waals surface area contributed by atoms with Gasteiger partial charge >= 0.3 is 6.18 Å². The molecule has 0 amide bonds. The van der Waals surface area contributed by atoms with Crippen molar-refractivity contribution in [3.8, 4) is 0 Å². The van der Waals surface area contributed by atoms with Crippen LogP contribution >= 0.6 is 22.9 Å². The first-order valence-electron chi connectivity index (χ1n) is 4.95. The zero-order valence-electron chi connectivity index (χ0n) is 9.08. The minimum atomic E-state index is -4.58. The maximum absolute atomic E-state index is 13.2. The third kappa shape index (κ3) is 2.88. The van der Waals surface area contributed by atoms with Gasteiger partial charge in [-0.05, 0) is 6.07 Å². The molecule has 0 aliphatic carbocycles. The van der Waals surface area contributed by atoms with Crippen LogP contribution in [0, 0.1) is 5.82 Å². The number of aliphatic hydroxyl groups is 1. The number of aliphatic hydroxyl groups excluding tert-OH is 1. The highest BCUT2D eigenvalue weighted by Crippen LogP contribution is 2.37. The number of hydrogen-bond donors (Lipinski definition) is 1. The molecule has 1 aromatic heterocycles. The van der Waals surface area contributed by atoms with Crippen molar-refractivity contribution < 1.29 is 22.7 Å². The van der Waals surface area contributed by atoms with Gasteiger partial charge in [-0.1, -0.05) is 23.7 Å². The van der Waals surface area contributed by atoms with E-state index in [1.807, 2.05) is 0 Å². The van der Waals surface area contributed by atoms with Crippen LogP contribution in [0.2, 0.25) is 5.02 Å². The summed E-state index contributed by atoms with van der Waals surface area (Å²) < 4.78 is 50.4. The molecule has 2 rings (SSSR count). The van der Waals surface area contributed by atoms with Gasteiger partial charge < -0.3 is 5.11 Å². The molecule has 0 aliphatic rings. The van der Waals surface area contributed by atoms with Crippen LogP contribution in [0.25, 0.3) is 0 Å². The number of rotatable bonds is 2. The van der Waals surface area contributed by atoms with Gasteiger partial charge in [-0.3, -0.25) is 0 Å². The lowest BCUT2D eigenvalue weighted by Gasteiger charge is -2.10. The van der Waals surface area contributed by atoms with Crippen LogP contribution in [-0.2, 0) is 6.18 Å². The second-order valence-electron chi connectivity index (χ2n) is 3.61. The molecule has 1 atom stereocenters. The van der Waals surface area contributed by atoms with Gasteiger partial charge in [0.05, 0.1) is 9.90 Å². The van der Waals surface area contributed by atoms with E-state index in [0.29, 0.717) is 11.3 Å². The fourth-order valence-electron chi connectivity index (χ4n) is 1.43. The van der Waals surface area contributed by atoms with Crippen molar-refractivity contribution in [2.45, 2.75) is 12.3 Å². The standard InChI is InChI=1S/C11H6ClF4NOS/c12-8-5(2-1-3-6(8)13)9(18)7-4-17-10(19-7)11(14,15)16/h1-4,9,18H. The summed E-state index contributed by atoms with van der Waals surface area (Å²) >= 11 is 5.95. The first-order valence-corrected chi connectivity index (χ1v) is 6.15. The quantitative estimate of drug-likeness (QED) is 0.849. The molecule has 0 saturated carbocycles. The molecule has 2 aromatic rings. The van der Waals surface area contributed by atoms with Gasteiger partial charge in [0.25, 0.3) is 0 Å². The topological polar surface area (TPSA) is 33.1 Å². The zero-order chi connectivity index (χ0) is 14.2. The number of alkyl halides is 3. The highest BCUT2D eigenvalue weighted by atomic mass is 35.5. The largest absolute Gasteiger partial charge is 0.443 e. The van der Waals surface area contributed by atoms with E-state index in [1.54, 1.807) is 0 Å². The first kappa shape index (κ1) is 14.2. The van der Waals surface area contributed by atoms with E-state index in [2.05, 4.69) is 4.98 Å². The molecule has 2 nitrogen and oxygen atoms in total. The smallest absolute Gasteiger partial charge is 0.383 e. The molecule has 1 unspecified atom stereocenters. The van der Waals surface area contributed by atoms with Crippen LogP contribution in [0.15, 0.2) is 24.4 Å². The molecule has 1 heterocycles. The average molecular weight is 312 g/mol. The van der Waals surface area contributed by atoms with Crippen molar-refractivity contribution in [1.29, 1.82) is 0 Å². The van der Waals surface area contributed by atoms with E-state index in [1.165, 1.54) is 12.1 Å². The second-order valence-corrected chi connectivity index (χ2v) is 5.05. The van der Waals surface area contributed by atoms with Crippen molar-refractivity contribution >= 4 is 22.9 Å². The molecule has 1 aromatic carbocycles. The minimum Gasteiger partial charge on any atom is -0.383 e. The molecule has 0 fully saturated rings. The molecule has 0 radical (unpaired) electrons. The highest BCUT2D eigenvalue weighted by molar-refractivity contribution is 7.11. The Morgan fingerprint density at radius 1 is 1.32 bits per heavy atom. The summed E-state index contributed by atoms with van der Waals surface area (Å²) in [6.07, 6.45) is -5.12. The Balaban J connectivity index is 2.37. The molecule has 1 N–H and O–H groups in total. The molecule has 0 saturated heterocycles. The number of nitrogens with zero attached hydrogens (tertiary/aromatic N) is 1. The molecule has 0 bridgehead atoms. The molecular weight excluding hydrogens is 306 g/mol. The molecule has 19 heavy (non-hydrogen) atoms. The van der Waals surface area contributed by atoms with E-state index in [9.17, 15) is 22.7 Å². The SMILES string of the molecule is OC(c1cnc(C(F)(F)F)s1)c1cccc(F)c1Cl. The molecule has 102 valence electrons. The van der Waals surface area contributed by atoms with E-state index < -0.39 is 23.1 Å². The molecule has 0 spiro atoms. The number of benzene rings is 1. The lowest BCUT2D eigenvalue weighted by Crippen LogP contribution is -2.03. The Kier molecular flexibility index (Phi) is 3.80. The van der Waals surface area contributed by atoms with Crippen molar-refractivity contribution in [3.63, 3.8) is 0 Å². The predicted octanol–water partition coefficient (Wildman–Crippen LogP) is 4.04. The molecule has 8 heteroatoms. The van der Waals surface area contributed by atoms with Crippen molar-refractivity contribution in [2.75, 3.05) is 0 Å². The van der Waals surface area contributed by atoms with Gasteiger partial charge in [-0.25, -0.2) is 9.37 Å². The third-order valence-electron chi connectivity index (χ3n) is 2.31. The number of hydrogen-bond acceptors (Lipinski definition) is 3. The summed E-state index contributed by atoms with van der Waals surface area (Å²) in [5.74, 6) is -0.751. The normalized spacial score (nSPS) is 13.6. The van der Waals surface area contributed by atoms with E-state index in [4.69, 9.17) is 11.6 Å². The van der Waals surface area contributed by atoms with Crippen LogP contribution < -0.4 is 0 Å². The van der Waals surface area contributed by atoms with Crippen LogP contribution in [0.5, 0.6) is 0 Å². The van der Waals surface area contributed by atoms with Gasteiger partial charge in [-0.2, -0.15) is 13.2 Å². The van der Waals surface area contributed by atoms with E-state index >= 15 is 0 Å². The first-order chi connectivity index (χ1) is 8.80. The Morgan fingerprint density at radius 2 is 2.00 bits per heavy atom. The predicted molar refractivity (Wildman–Crippen MR) is 62.6 cm³/mol. The fraction of sp³-hybridized carbons (Fsp3) is 0.182. The second kappa shape index (κ2) is 5.07. The van der Waals surface area contributed by atoms with Crippen molar-refractivity contribution in [1.82, 2.24) is 4.98 Å². The van der Waals surface area contributed by atoms with Crippen LogP contribution in [0.3, 0.4) is 0 Å². The fourth-order valence-corrected chi connectivity index (χ4v) is 2.45. The van der Waals surface area contributed by atoms with E-state index in [-0.39, 0.29) is 15.5 Å². The Hall–Kier alpha value is -1.18. The lowest BCUT2D eigenvalue weighted by atomic mass is 10.1. The lowest BCUT2D eigenvalue weighted by molar-refractivity contribution is -0.137. The number of aromatic nitrogens is 1. The Morgan fingerprint density at radius 3 is 2.58 bits per heavy atom. The van der Waals surface area contributed by atoms with Gasteiger partial charge in [0.2, 0.25) is 0 Å². The minimum absolute atomic E-state index is 0.000888. The Labute approximate surface area is 114 Å².